The van der Waals surface area contributed by atoms with E-state index in [1.54, 1.807) is 24.5 Å². The van der Waals surface area contributed by atoms with Crippen molar-refractivity contribution in [3.8, 4) is 17.1 Å². The summed E-state index contributed by atoms with van der Waals surface area (Å²) in [5, 5.41) is 2.48. The Bertz CT molecular complexity index is 1370. The molecule has 0 unspecified atom stereocenters. The van der Waals surface area contributed by atoms with Crippen LogP contribution in [0.5, 0.6) is 5.88 Å². The van der Waals surface area contributed by atoms with Crippen molar-refractivity contribution >= 4 is 27.6 Å². The molecule has 0 aromatic carbocycles. The molecule has 3 aromatic rings. The van der Waals surface area contributed by atoms with Crippen LogP contribution in [0.1, 0.15) is 38.3 Å². The maximum Gasteiger partial charge on any atom is 0.238 e. The minimum atomic E-state index is -3.51. The molecule has 0 radical (unpaired) electrons. The summed E-state index contributed by atoms with van der Waals surface area (Å²) in [5.41, 5.74) is 0.639. The Kier molecular flexibility index (Phi) is 6.98. The molecule has 12 nitrogen and oxygen atoms in total. The second-order valence-corrected chi connectivity index (χ2v) is 10.9. The number of hydrogen-bond acceptors (Lipinski definition) is 10. The maximum absolute atomic E-state index is 13.6. The predicted molar refractivity (Wildman–Crippen MR) is 134 cm³/mol. The number of sulfonamides is 1. The van der Waals surface area contributed by atoms with E-state index in [2.05, 4.69) is 35.0 Å². The third-order valence-corrected chi connectivity index (χ3v) is 8.16. The van der Waals surface area contributed by atoms with Crippen LogP contribution in [-0.4, -0.2) is 64.3 Å². The smallest absolute Gasteiger partial charge is 0.238 e. The van der Waals surface area contributed by atoms with E-state index >= 15 is 0 Å². The van der Waals surface area contributed by atoms with Gasteiger partial charge in [0, 0.05) is 31.2 Å². The Hall–Kier alpha value is -3.71. The topological polar surface area (TPSA) is 158 Å². The summed E-state index contributed by atoms with van der Waals surface area (Å²) >= 11 is 0. The van der Waals surface area contributed by atoms with Gasteiger partial charge in [0.05, 0.1) is 47.3 Å². The van der Waals surface area contributed by atoms with Gasteiger partial charge in [0.25, 0.3) is 0 Å². The first-order valence-corrected chi connectivity index (χ1v) is 13.6. The number of carbonyl (C=O) groups is 1. The first-order valence-electron chi connectivity index (χ1n) is 12.0. The average molecular weight is 526 g/mol. The molecule has 37 heavy (non-hydrogen) atoms. The van der Waals surface area contributed by atoms with Crippen LogP contribution in [0.3, 0.4) is 0 Å². The molecule has 1 aliphatic heterocycles. The molecule has 0 spiro atoms. The Balaban J connectivity index is 1.36. The van der Waals surface area contributed by atoms with E-state index in [0.717, 1.165) is 0 Å². The van der Waals surface area contributed by atoms with E-state index < -0.39 is 20.7 Å². The quantitative estimate of drug-likeness (QED) is 0.425. The van der Waals surface area contributed by atoms with Crippen LogP contribution in [0.4, 0.5) is 11.6 Å². The van der Waals surface area contributed by atoms with E-state index in [9.17, 15) is 13.2 Å². The molecule has 13 heteroatoms. The SMILES string of the molecule is CCOc1cncc(-c2ccc(NC(=O)C3(c4cncc(NS(=O)(=O)C5CC5)n4)CCOCC3)nc2)n1. The minimum Gasteiger partial charge on any atom is -0.477 e. The zero-order valence-electron chi connectivity index (χ0n) is 20.3. The standard InChI is InChI=1S/C24H27N7O5S/c1-2-36-22-15-25-12-18(28-22)16-3-6-20(27-11-16)30-23(32)24(7-9-35-10-8-24)19-13-26-14-21(29-19)31-37(33,34)17-4-5-17/h3,6,11-15,17H,2,4-5,7-10H2,1H3,(H,29,31)(H,27,30,32). The second kappa shape index (κ2) is 10.3. The molecule has 0 bridgehead atoms. The van der Waals surface area contributed by atoms with Crippen LogP contribution in [0.2, 0.25) is 0 Å². The molecule has 3 aromatic heterocycles. The van der Waals surface area contributed by atoms with Crippen LogP contribution in [0, 0.1) is 0 Å². The number of amides is 1. The van der Waals surface area contributed by atoms with Crippen molar-refractivity contribution in [1.82, 2.24) is 24.9 Å². The molecule has 2 fully saturated rings. The average Bonchev–Trinajstić information content (AvgIpc) is 3.77. The summed E-state index contributed by atoms with van der Waals surface area (Å²) in [7, 11) is -3.51. The first kappa shape index (κ1) is 25.0. The highest BCUT2D eigenvalue weighted by Gasteiger charge is 2.44. The Morgan fingerprint density at radius 1 is 1.05 bits per heavy atom. The number of ether oxygens (including phenoxy) is 2. The number of rotatable bonds is 9. The van der Waals surface area contributed by atoms with Gasteiger partial charge in [-0.05, 0) is 44.7 Å². The lowest BCUT2D eigenvalue weighted by molar-refractivity contribution is -0.125. The van der Waals surface area contributed by atoms with E-state index in [4.69, 9.17) is 9.47 Å². The van der Waals surface area contributed by atoms with Crippen LogP contribution < -0.4 is 14.8 Å². The fourth-order valence-electron chi connectivity index (χ4n) is 4.13. The van der Waals surface area contributed by atoms with Crippen molar-refractivity contribution in [1.29, 1.82) is 0 Å². The van der Waals surface area contributed by atoms with Crippen molar-refractivity contribution in [2.24, 2.45) is 0 Å². The van der Waals surface area contributed by atoms with E-state index in [1.165, 1.54) is 18.6 Å². The number of anilines is 2. The molecule has 1 amide bonds. The van der Waals surface area contributed by atoms with Gasteiger partial charge < -0.3 is 14.8 Å². The molecule has 4 heterocycles. The minimum absolute atomic E-state index is 0.0981. The highest BCUT2D eigenvalue weighted by molar-refractivity contribution is 7.93. The van der Waals surface area contributed by atoms with Gasteiger partial charge in [-0.25, -0.2) is 23.4 Å². The summed E-state index contributed by atoms with van der Waals surface area (Å²) in [6.45, 7) is 3.06. The third-order valence-electron chi connectivity index (χ3n) is 6.32. The van der Waals surface area contributed by atoms with Gasteiger partial charge in [0.15, 0.2) is 5.82 Å². The largest absolute Gasteiger partial charge is 0.477 e. The zero-order chi connectivity index (χ0) is 25.9. The molecule has 1 saturated heterocycles. The van der Waals surface area contributed by atoms with Crippen molar-refractivity contribution in [2.45, 2.75) is 43.3 Å². The Morgan fingerprint density at radius 2 is 1.84 bits per heavy atom. The van der Waals surface area contributed by atoms with Gasteiger partial charge in [-0.3, -0.25) is 19.5 Å². The van der Waals surface area contributed by atoms with Gasteiger partial charge in [-0.15, -0.1) is 0 Å². The summed E-state index contributed by atoms with van der Waals surface area (Å²) in [6, 6.07) is 3.47. The third kappa shape index (κ3) is 5.52. The zero-order valence-corrected chi connectivity index (χ0v) is 21.1. The van der Waals surface area contributed by atoms with E-state index in [0.29, 0.717) is 74.2 Å². The number of pyridine rings is 1. The first-order chi connectivity index (χ1) is 17.9. The van der Waals surface area contributed by atoms with Crippen LogP contribution in [0.25, 0.3) is 11.3 Å². The molecule has 194 valence electrons. The second-order valence-electron chi connectivity index (χ2n) is 8.89. The lowest BCUT2D eigenvalue weighted by atomic mass is 9.76. The highest BCUT2D eigenvalue weighted by Crippen LogP contribution is 2.36. The number of nitrogens with zero attached hydrogens (tertiary/aromatic N) is 5. The molecule has 1 aliphatic carbocycles. The van der Waals surface area contributed by atoms with Crippen molar-refractivity contribution in [2.75, 3.05) is 29.9 Å². The fourth-order valence-corrected chi connectivity index (χ4v) is 5.45. The fraction of sp³-hybridized carbons (Fsp3) is 0.417. The number of hydrogen-bond donors (Lipinski definition) is 2. The van der Waals surface area contributed by atoms with Gasteiger partial charge >= 0.3 is 0 Å². The van der Waals surface area contributed by atoms with Gasteiger partial charge in [-0.2, -0.15) is 0 Å². The Morgan fingerprint density at radius 3 is 2.54 bits per heavy atom. The van der Waals surface area contributed by atoms with Gasteiger partial charge in [-0.1, -0.05) is 0 Å². The lowest BCUT2D eigenvalue weighted by Crippen LogP contribution is -2.45. The van der Waals surface area contributed by atoms with E-state index in [-0.39, 0.29) is 11.7 Å². The maximum atomic E-state index is 13.6. The highest BCUT2D eigenvalue weighted by atomic mass is 32.2. The van der Waals surface area contributed by atoms with Gasteiger partial charge in [0.1, 0.15) is 5.82 Å². The summed E-state index contributed by atoms with van der Waals surface area (Å²) in [6.07, 6.45) is 9.58. The number of carbonyl (C=O) groups excluding carboxylic acids is 1. The summed E-state index contributed by atoms with van der Waals surface area (Å²) in [5.74, 6) is 0.556. The molecule has 1 saturated carbocycles. The lowest BCUT2D eigenvalue weighted by Gasteiger charge is -2.35. The van der Waals surface area contributed by atoms with Crippen molar-refractivity contribution < 1.29 is 22.7 Å². The van der Waals surface area contributed by atoms with Crippen LogP contribution in [-0.2, 0) is 25.0 Å². The summed E-state index contributed by atoms with van der Waals surface area (Å²) in [4.78, 5) is 35.2. The molecule has 2 N–H and O–H groups in total. The van der Waals surface area contributed by atoms with Crippen LogP contribution in [0.15, 0.2) is 43.1 Å². The number of aromatic nitrogens is 5. The van der Waals surface area contributed by atoms with Crippen LogP contribution >= 0.6 is 0 Å². The van der Waals surface area contributed by atoms with Crippen molar-refractivity contribution in [3.63, 3.8) is 0 Å². The molecular weight excluding hydrogens is 498 g/mol. The molecule has 5 rings (SSSR count). The van der Waals surface area contributed by atoms with Gasteiger partial charge in [0.2, 0.25) is 21.8 Å². The summed E-state index contributed by atoms with van der Waals surface area (Å²) < 4.78 is 38.2. The molecular formula is C24H27N7O5S. The normalized spacial score (nSPS) is 17.1. The predicted octanol–water partition coefficient (Wildman–Crippen LogP) is 2.32. The Labute approximate surface area is 214 Å². The van der Waals surface area contributed by atoms with Crippen molar-refractivity contribution in [3.05, 3.63) is 48.8 Å². The molecule has 0 atom stereocenters. The number of nitrogens with one attached hydrogen (secondary N) is 2. The molecule has 2 aliphatic rings. The monoisotopic (exact) mass is 525 g/mol. The van der Waals surface area contributed by atoms with E-state index in [1.807, 2.05) is 6.92 Å².